The van der Waals surface area contributed by atoms with Gasteiger partial charge in [0.2, 0.25) is 0 Å². The summed E-state index contributed by atoms with van der Waals surface area (Å²) in [5, 5.41) is 3.34. The van der Waals surface area contributed by atoms with E-state index in [1.54, 1.807) is 12.1 Å². The molecule has 2 aromatic carbocycles. The number of amides is 2. The van der Waals surface area contributed by atoms with Gasteiger partial charge in [-0.2, -0.15) is 0 Å². The van der Waals surface area contributed by atoms with Crippen LogP contribution in [-0.4, -0.2) is 12.0 Å². The third kappa shape index (κ3) is 4.35. The molecule has 0 saturated carbocycles. The number of rotatable bonds is 6. The average Bonchev–Trinajstić information content (AvgIpc) is 3.17. The quantitative estimate of drug-likeness (QED) is 0.483. The molecule has 154 valence electrons. The average molecular weight is 406 g/mol. The summed E-state index contributed by atoms with van der Waals surface area (Å²) in [4.78, 5) is 35.8. The van der Waals surface area contributed by atoms with Crippen molar-refractivity contribution in [3.05, 3.63) is 81.2 Å². The molecular formula is C23H22N2O5. The van der Waals surface area contributed by atoms with E-state index in [1.165, 1.54) is 17.2 Å². The lowest BCUT2D eigenvalue weighted by Gasteiger charge is -2.17. The second-order valence-electron chi connectivity index (χ2n) is 7.40. The van der Waals surface area contributed by atoms with Gasteiger partial charge in [-0.25, -0.2) is 9.59 Å². The zero-order valence-electron chi connectivity index (χ0n) is 16.4. The van der Waals surface area contributed by atoms with Crippen molar-refractivity contribution in [2.24, 2.45) is 5.73 Å². The normalized spacial score (nSPS) is 13.6. The Morgan fingerprint density at radius 2 is 1.83 bits per heavy atom. The fourth-order valence-corrected chi connectivity index (χ4v) is 3.91. The van der Waals surface area contributed by atoms with Crippen LogP contribution in [0.2, 0.25) is 0 Å². The van der Waals surface area contributed by atoms with E-state index in [9.17, 15) is 14.4 Å². The Labute approximate surface area is 172 Å². The van der Waals surface area contributed by atoms with Gasteiger partial charge in [0.05, 0.1) is 12.5 Å². The van der Waals surface area contributed by atoms with E-state index in [-0.39, 0.29) is 13.0 Å². The molecule has 2 amide bonds. The van der Waals surface area contributed by atoms with Gasteiger partial charge in [0.15, 0.2) is 0 Å². The second kappa shape index (κ2) is 8.41. The number of fused-ring (bicyclic) bond motifs is 2. The number of urea groups is 1. The number of nitrogens with two attached hydrogens (primary N) is 1. The van der Waals surface area contributed by atoms with Crippen molar-refractivity contribution in [1.82, 2.24) is 5.32 Å². The molecule has 7 heteroatoms. The highest BCUT2D eigenvalue weighted by atomic mass is 16.5. The summed E-state index contributed by atoms with van der Waals surface area (Å²) in [5.41, 5.74) is 9.05. The monoisotopic (exact) mass is 406 g/mol. The maximum atomic E-state index is 12.5. The number of benzene rings is 2. The number of aryl methyl sites for hydroxylation is 2. The number of esters is 1. The summed E-state index contributed by atoms with van der Waals surface area (Å²) in [6.07, 6.45) is 2.96. The molecule has 1 atom stereocenters. The minimum Gasteiger partial charge on any atom is -0.461 e. The molecule has 0 unspecified atom stereocenters. The predicted octanol–water partition coefficient (Wildman–Crippen LogP) is 3.12. The standard InChI is InChI=1S/C23H22N2O5/c24-23(28)25-19(14-5-2-1-3-6-14)12-21(26)29-13-17-11-22(27)30-20-10-16-8-4-7-15(16)9-18(17)20/h1-3,5-6,9-11,19H,4,7-8,12-13H2,(H3,24,25,28)/t19-/m1/s1. The largest absolute Gasteiger partial charge is 0.461 e. The Morgan fingerprint density at radius 3 is 2.57 bits per heavy atom. The topological polar surface area (TPSA) is 112 Å². The molecule has 1 aliphatic rings. The zero-order valence-corrected chi connectivity index (χ0v) is 16.4. The SMILES string of the molecule is NC(=O)N[C@H](CC(=O)OCc1cc(=O)oc2cc3c(cc12)CCC3)c1ccccc1. The minimum absolute atomic E-state index is 0.0577. The maximum absolute atomic E-state index is 12.5. The van der Waals surface area contributed by atoms with E-state index < -0.39 is 23.7 Å². The number of ether oxygens (including phenoxy) is 1. The van der Waals surface area contributed by atoms with Crippen molar-refractivity contribution in [3.8, 4) is 0 Å². The molecule has 1 heterocycles. The molecule has 0 radical (unpaired) electrons. The van der Waals surface area contributed by atoms with Gasteiger partial charge in [-0.05, 0) is 48.1 Å². The van der Waals surface area contributed by atoms with Crippen LogP contribution in [0.15, 0.2) is 57.7 Å². The number of carbonyl (C=O) groups excluding carboxylic acids is 2. The first-order valence-corrected chi connectivity index (χ1v) is 9.84. The first-order chi connectivity index (χ1) is 14.5. The van der Waals surface area contributed by atoms with Gasteiger partial charge in [0.25, 0.3) is 0 Å². The van der Waals surface area contributed by atoms with Crippen LogP contribution in [0.25, 0.3) is 11.0 Å². The van der Waals surface area contributed by atoms with Gasteiger partial charge in [-0.15, -0.1) is 0 Å². The molecule has 1 aromatic heterocycles. The van der Waals surface area contributed by atoms with Gasteiger partial charge in [0, 0.05) is 17.0 Å². The number of nitrogens with one attached hydrogen (secondary N) is 1. The van der Waals surface area contributed by atoms with Crippen molar-refractivity contribution in [2.75, 3.05) is 0 Å². The number of hydrogen-bond donors (Lipinski definition) is 2. The summed E-state index contributed by atoms with van der Waals surface area (Å²) in [7, 11) is 0. The van der Waals surface area contributed by atoms with Gasteiger partial charge < -0.3 is 20.2 Å². The summed E-state index contributed by atoms with van der Waals surface area (Å²) in [6.45, 7) is -0.0577. The Balaban J connectivity index is 1.51. The molecule has 3 N–H and O–H groups in total. The molecule has 3 aromatic rings. The summed E-state index contributed by atoms with van der Waals surface area (Å²) in [6, 6.07) is 13.0. The molecule has 0 fully saturated rings. The van der Waals surface area contributed by atoms with Crippen molar-refractivity contribution >= 4 is 23.0 Å². The Hall–Kier alpha value is -3.61. The first-order valence-electron chi connectivity index (χ1n) is 9.84. The van der Waals surface area contributed by atoms with Crippen LogP contribution in [0.3, 0.4) is 0 Å². The van der Waals surface area contributed by atoms with Crippen molar-refractivity contribution in [3.63, 3.8) is 0 Å². The van der Waals surface area contributed by atoms with Crippen LogP contribution in [0, 0.1) is 0 Å². The van der Waals surface area contributed by atoms with Crippen molar-refractivity contribution < 1.29 is 18.7 Å². The maximum Gasteiger partial charge on any atom is 0.336 e. The zero-order chi connectivity index (χ0) is 21.1. The molecule has 30 heavy (non-hydrogen) atoms. The van der Waals surface area contributed by atoms with E-state index in [1.807, 2.05) is 30.3 Å². The molecule has 0 bridgehead atoms. The fraction of sp³-hybridized carbons (Fsp3) is 0.261. The molecule has 0 saturated heterocycles. The Bertz CT molecular complexity index is 1150. The van der Waals surface area contributed by atoms with Crippen LogP contribution in [0.1, 0.15) is 41.1 Å². The van der Waals surface area contributed by atoms with Gasteiger partial charge in [-0.1, -0.05) is 30.3 Å². The molecule has 7 nitrogen and oxygen atoms in total. The predicted molar refractivity (Wildman–Crippen MR) is 111 cm³/mol. The summed E-state index contributed by atoms with van der Waals surface area (Å²) in [5.74, 6) is -0.514. The molecule has 0 spiro atoms. The molecule has 1 aliphatic carbocycles. The highest BCUT2D eigenvalue weighted by Gasteiger charge is 2.20. The van der Waals surface area contributed by atoms with Crippen LogP contribution >= 0.6 is 0 Å². The van der Waals surface area contributed by atoms with E-state index in [0.29, 0.717) is 11.1 Å². The number of primary amides is 1. The lowest BCUT2D eigenvalue weighted by molar-refractivity contribution is -0.145. The van der Waals surface area contributed by atoms with Crippen LogP contribution in [0.4, 0.5) is 4.79 Å². The highest BCUT2D eigenvalue weighted by Crippen LogP contribution is 2.29. The van der Waals surface area contributed by atoms with E-state index >= 15 is 0 Å². The summed E-state index contributed by atoms with van der Waals surface area (Å²) < 4.78 is 10.8. The molecule has 4 rings (SSSR count). The lowest BCUT2D eigenvalue weighted by Crippen LogP contribution is -2.34. The van der Waals surface area contributed by atoms with Gasteiger partial charge in [0.1, 0.15) is 12.2 Å². The van der Waals surface area contributed by atoms with E-state index in [4.69, 9.17) is 14.9 Å². The number of carbonyl (C=O) groups is 2. The number of hydrogen-bond acceptors (Lipinski definition) is 5. The van der Waals surface area contributed by atoms with Crippen molar-refractivity contribution in [2.45, 2.75) is 38.3 Å². The smallest absolute Gasteiger partial charge is 0.336 e. The second-order valence-corrected chi connectivity index (χ2v) is 7.40. The van der Waals surface area contributed by atoms with Crippen LogP contribution in [0.5, 0.6) is 0 Å². The summed E-state index contributed by atoms with van der Waals surface area (Å²) >= 11 is 0. The van der Waals surface area contributed by atoms with Crippen molar-refractivity contribution in [1.29, 1.82) is 0 Å². The van der Waals surface area contributed by atoms with Crippen LogP contribution in [-0.2, 0) is 29.0 Å². The van der Waals surface area contributed by atoms with Crippen LogP contribution < -0.4 is 16.7 Å². The molecule has 0 aliphatic heterocycles. The third-order valence-electron chi connectivity index (χ3n) is 5.32. The fourth-order valence-electron chi connectivity index (χ4n) is 3.91. The minimum atomic E-state index is -0.725. The Morgan fingerprint density at radius 1 is 1.10 bits per heavy atom. The lowest BCUT2D eigenvalue weighted by atomic mass is 10.0. The highest BCUT2D eigenvalue weighted by molar-refractivity contribution is 5.82. The van der Waals surface area contributed by atoms with E-state index in [0.717, 1.165) is 30.2 Å². The third-order valence-corrected chi connectivity index (χ3v) is 5.32. The van der Waals surface area contributed by atoms with E-state index in [2.05, 4.69) is 5.32 Å². The van der Waals surface area contributed by atoms with Gasteiger partial charge >= 0.3 is 17.6 Å². The molecular weight excluding hydrogens is 384 g/mol. The first kappa shape index (κ1) is 19.7. The Kier molecular flexibility index (Phi) is 5.52. The van der Waals surface area contributed by atoms with Gasteiger partial charge in [-0.3, -0.25) is 4.79 Å².